The van der Waals surface area contributed by atoms with Crippen LogP contribution in [0.4, 0.5) is 11.6 Å². The van der Waals surface area contributed by atoms with Crippen molar-refractivity contribution in [3.05, 3.63) is 16.1 Å². The molecule has 5 nitrogen and oxygen atoms in total. The fourth-order valence-corrected chi connectivity index (χ4v) is 1.50. The average molecular weight is 277 g/mol. The third kappa shape index (κ3) is 3.64. The fraction of sp³-hybridized carbons (Fsp3) is 0.400. The van der Waals surface area contributed by atoms with E-state index in [0.717, 1.165) is 0 Å². The summed E-state index contributed by atoms with van der Waals surface area (Å²) in [4.78, 5) is 17.1. The summed E-state index contributed by atoms with van der Waals surface area (Å²) in [6, 6.07) is 1.49. The lowest BCUT2D eigenvalue weighted by molar-refractivity contribution is -0.127. The predicted molar refractivity (Wildman–Crippen MR) is 70.5 cm³/mol. The van der Waals surface area contributed by atoms with Crippen molar-refractivity contribution in [2.45, 2.75) is 6.92 Å². The van der Waals surface area contributed by atoms with Crippen molar-refractivity contribution < 1.29 is 4.79 Å². The molecular formula is C10H14Cl2N4O. The summed E-state index contributed by atoms with van der Waals surface area (Å²) in [5, 5.41) is 3.44. The Morgan fingerprint density at radius 3 is 2.76 bits per heavy atom. The highest BCUT2D eigenvalue weighted by atomic mass is 35.5. The van der Waals surface area contributed by atoms with E-state index in [-0.39, 0.29) is 23.3 Å². The van der Waals surface area contributed by atoms with Crippen LogP contribution in [0.3, 0.4) is 0 Å². The van der Waals surface area contributed by atoms with Crippen LogP contribution < -0.4 is 11.1 Å². The van der Waals surface area contributed by atoms with Gasteiger partial charge in [-0.15, -0.1) is 0 Å². The van der Waals surface area contributed by atoms with Gasteiger partial charge in [-0.2, -0.15) is 0 Å². The van der Waals surface area contributed by atoms with E-state index in [0.29, 0.717) is 17.4 Å². The van der Waals surface area contributed by atoms with Gasteiger partial charge in [0.2, 0.25) is 5.91 Å². The van der Waals surface area contributed by atoms with E-state index in [1.807, 2.05) is 6.92 Å². The average Bonchev–Trinajstić information content (AvgIpc) is 2.30. The second kappa shape index (κ2) is 5.93. The number of anilines is 2. The van der Waals surface area contributed by atoms with Gasteiger partial charge in [-0.25, -0.2) is 4.98 Å². The third-order valence-electron chi connectivity index (χ3n) is 2.26. The number of rotatable bonds is 4. The zero-order chi connectivity index (χ0) is 13.0. The molecular weight excluding hydrogens is 263 g/mol. The van der Waals surface area contributed by atoms with Crippen LogP contribution in [0.2, 0.25) is 10.0 Å². The van der Waals surface area contributed by atoms with Gasteiger partial charge in [-0.3, -0.25) is 4.79 Å². The largest absolute Gasteiger partial charge is 0.382 e. The van der Waals surface area contributed by atoms with E-state index in [1.165, 1.54) is 6.07 Å². The minimum atomic E-state index is -0.0566. The van der Waals surface area contributed by atoms with Gasteiger partial charge in [-0.05, 0) is 13.0 Å². The van der Waals surface area contributed by atoms with Crippen molar-refractivity contribution in [2.75, 3.05) is 31.2 Å². The van der Waals surface area contributed by atoms with E-state index in [2.05, 4.69) is 10.3 Å². The molecule has 0 saturated carbocycles. The fourth-order valence-electron chi connectivity index (χ4n) is 1.08. The number of halogens is 2. The molecule has 3 N–H and O–H groups in total. The molecule has 0 aliphatic heterocycles. The molecule has 0 aromatic carbocycles. The molecule has 7 heteroatoms. The highest BCUT2D eigenvalue weighted by Gasteiger charge is 2.10. The second-order valence-electron chi connectivity index (χ2n) is 3.45. The molecule has 0 spiro atoms. The maximum absolute atomic E-state index is 11.5. The van der Waals surface area contributed by atoms with Crippen molar-refractivity contribution >= 4 is 40.7 Å². The highest BCUT2D eigenvalue weighted by molar-refractivity contribution is 6.37. The molecule has 0 saturated heterocycles. The molecule has 17 heavy (non-hydrogen) atoms. The minimum absolute atomic E-state index is 0.0566. The quantitative estimate of drug-likeness (QED) is 0.881. The molecule has 94 valence electrons. The van der Waals surface area contributed by atoms with E-state index >= 15 is 0 Å². The van der Waals surface area contributed by atoms with Crippen LogP contribution in [0.1, 0.15) is 6.92 Å². The Hall–Kier alpha value is -1.20. The maximum atomic E-state index is 11.5. The van der Waals surface area contributed by atoms with E-state index < -0.39 is 0 Å². The Kier molecular flexibility index (Phi) is 4.84. The van der Waals surface area contributed by atoms with Gasteiger partial charge in [0.15, 0.2) is 0 Å². The summed E-state index contributed by atoms with van der Waals surface area (Å²) in [6.45, 7) is 2.64. The molecule has 1 amide bonds. The molecule has 1 heterocycles. The minimum Gasteiger partial charge on any atom is -0.382 e. The summed E-state index contributed by atoms with van der Waals surface area (Å²) in [7, 11) is 1.72. The predicted octanol–water partition coefficient (Wildman–Crippen LogP) is 1.86. The van der Waals surface area contributed by atoms with Crippen LogP contribution in [0.25, 0.3) is 0 Å². The molecule has 1 rings (SSSR count). The molecule has 0 unspecified atom stereocenters. The van der Waals surface area contributed by atoms with Gasteiger partial charge >= 0.3 is 0 Å². The van der Waals surface area contributed by atoms with Gasteiger partial charge in [0.25, 0.3) is 0 Å². The maximum Gasteiger partial charge on any atom is 0.241 e. The lowest BCUT2D eigenvalue weighted by Gasteiger charge is -2.15. The molecule has 0 fully saturated rings. The zero-order valence-electron chi connectivity index (χ0n) is 9.63. The number of nitrogens with one attached hydrogen (secondary N) is 1. The molecule has 0 bridgehead atoms. The lowest BCUT2D eigenvalue weighted by Crippen LogP contribution is -2.32. The Balaban J connectivity index is 2.70. The standard InChI is InChI=1S/C10H14Cl2N4O/c1-3-16(2)8(17)5-14-10-7(12)4-6(11)9(13)15-10/h4H,3,5H2,1-2H3,(H3,13,14,15). The first-order valence-electron chi connectivity index (χ1n) is 5.05. The Morgan fingerprint density at radius 2 is 2.18 bits per heavy atom. The first-order chi connectivity index (χ1) is 7.95. The number of nitrogen functional groups attached to an aromatic ring is 1. The molecule has 1 aromatic rings. The molecule has 0 aliphatic carbocycles. The van der Waals surface area contributed by atoms with E-state index in [1.54, 1.807) is 11.9 Å². The summed E-state index contributed by atoms with van der Waals surface area (Å²) in [5.74, 6) is 0.472. The van der Waals surface area contributed by atoms with Crippen molar-refractivity contribution in [3.8, 4) is 0 Å². The number of nitrogens with two attached hydrogens (primary N) is 1. The topological polar surface area (TPSA) is 71.2 Å². The van der Waals surface area contributed by atoms with E-state index in [9.17, 15) is 4.79 Å². The Bertz CT molecular complexity index is 425. The smallest absolute Gasteiger partial charge is 0.241 e. The lowest BCUT2D eigenvalue weighted by atomic mass is 10.4. The van der Waals surface area contributed by atoms with Crippen molar-refractivity contribution in [2.24, 2.45) is 0 Å². The summed E-state index contributed by atoms with van der Waals surface area (Å²) in [5.41, 5.74) is 5.54. The summed E-state index contributed by atoms with van der Waals surface area (Å²) < 4.78 is 0. The number of pyridine rings is 1. The highest BCUT2D eigenvalue weighted by Crippen LogP contribution is 2.27. The number of amides is 1. The van der Waals surface area contributed by atoms with Crippen molar-refractivity contribution in [1.82, 2.24) is 9.88 Å². The second-order valence-corrected chi connectivity index (χ2v) is 4.26. The van der Waals surface area contributed by atoms with Crippen LogP contribution in [0.5, 0.6) is 0 Å². The van der Waals surface area contributed by atoms with Gasteiger partial charge in [0.05, 0.1) is 16.6 Å². The monoisotopic (exact) mass is 276 g/mol. The first kappa shape index (κ1) is 13.9. The number of carbonyl (C=O) groups is 1. The van der Waals surface area contributed by atoms with Gasteiger partial charge < -0.3 is 16.0 Å². The number of hydrogen-bond acceptors (Lipinski definition) is 4. The third-order valence-corrected chi connectivity index (χ3v) is 2.85. The zero-order valence-corrected chi connectivity index (χ0v) is 11.1. The van der Waals surface area contributed by atoms with Gasteiger partial charge in [0.1, 0.15) is 11.6 Å². The Labute approximate surface area is 110 Å². The van der Waals surface area contributed by atoms with Crippen LogP contribution in [-0.2, 0) is 4.79 Å². The number of aromatic nitrogens is 1. The molecule has 0 atom stereocenters. The van der Waals surface area contributed by atoms with Gasteiger partial charge in [0, 0.05) is 13.6 Å². The summed E-state index contributed by atoms with van der Waals surface area (Å²) in [6.07, 6.45) is 0. The summed E-state index contributed by atoms with van der Waals surface area (Å²) >= 11 is 11.7. The van der Waals surface area contributed by atoms with Crippen molar-refractivity contribution in [1.29, 1.82) is 0 Å². The van der Waals surface area contributed by atoms with Crippen LogP contribution >= 0.6 is 23.2 Å². The molecule has 1 aromatic heterocycles. The number of hydrogen-bond donors (Lipinski definition) is 2. The number of likely N-dealkylation sites (N-methyl/N-ethyl adjacent to an activating group) is 1. The van der Waals surface area contributed by atoms with Crippen LogP contribution in [0, 0.1) is 0 Å². The van der Waals surface area contributed by atoms with Crippen molar-refractivity contribution in [3.63, 3.8) is 0 Å². The van der Waals surface area contributed by atoms with Crippen LogP contribution in [0.15, 0.2) is 6.07 Å². The SMILES string of the molecule is CCN(C)C(=O)CNc1nc(N)c(Cl)cc1Cl. The Morgan fingerprint density at radius 1 is 1.53 bits per heavy atom. The number of carbonyl (C=O) groups excluding carboxylic acids is 1. The first-order valence-corrected chi connectivity index (χ1v) is 5.80. The molecule has 0 radical (unpaired) electrons. The molecule has 0 aliphatic rings. The van der Waals surface area contributed by atoms with E-state index in [4.69, 9.17) is 28.9 Å². The van der Waals surface area contributed by atoms with Gasteiger partial charge in [-0.1, -0.05) is 23.2 Å². The number of nitrogens with zero attached hydrogens (tertiary/aromatic N) is 2. The normalized spacial score (nSPS) is 10.1. The van der Waals surface area contributed by atoms with Crippen LogP contribution in [-0.4, -0.2) is 35.9 Å².